The van der Waals surface area contributed by atoms with Crippen LogP contribution in [-0.2, 0) is 4.79 Å². The number of amides is 3. The van der Waals surface area contributed by atoms with Crippen LogP contribution in [0.5, 0.6) is 0 Å². The van der Waals surface area contributed by atoms with Crippen LogP contribution in [0.2, 0.25) is 5.02 Å². The third-order valence-electron chi connectivity index (χ3n) is 3.70. The highest BCUT2D eigenvalue weighted by Gasteiger charge is 2.34. The third-order valence-corrected chi connectivity index (χ3v) is 3.96. The zero-order valence-electron chi connectivity index (χ0n) is 13.0. The van der Waals surface area contributed by atoms with Gasteiger partial charge in [0.2, 0.25) is 0 Å². The Morgan fingerprint density at radius 1 is 1.16 bits per heavy atom. The molecule has 1 heterocycles. The van der Waals surface area contributed by atoms with Gasteiger partial charge in [0, 0.05) is 16.7 Å². The number of nitrogens with zero attached hydrogens (tertiary/aromatic N) is 2. The SMILES string of the molecule is Cc1ccc(/C=C2/NC(=O)N(c3ccc(Cl)cc3)C2=O)cc1[N+](=O)[O-]. The summed E-state index contributed by atoms with van der Waals surface area (Å²) in [5.41, 5.74) is 1.32. The maximum atomic E-state index is 12.5. The molecule has 0 aliphatic carbocycles. The monoisotopic (exact) mass is 357 g/mol. The number of imide groups is 1. The van der Waals surface area contributed by atoms with Crippen molar-refractivity contribution in [3.8, 4) is 0 Å². The minimum Gasteiger partial charge on any atom is -0.302 e. The van der Waals surface area contributed by atoms with Crippen molar-refractivity contribution in [2.24, 2.45) is 0 Å². The van der Waals surface area contributed by atoms with Crippen molar-refractivity contribution in [2.45, 2.75) is 6.92 Å². The molecule has 0 aromatic heterocycles. The molecule has 126 valence electrons. The van der Waals surface area contributed by atoms with Crippen LogP contribution in [0.4, 0.5) is 16.2 Å². The van der Waals surface area contributed by atoms with Gasteiger partial charge >= 0.3 is 6.03 Å². The molecule has 3 rings (SSSR count). The molecular weight excluding hydrogens is 346 g/mol. The summed E-state index contributed by atoms with van der Waals surface area (Å²) >= 11 is 5.81. The van der Waals surface area contributed by atoms with Crippen LogP contribution < -0.4 is 10.2 Å². The second-order valence-electron chi connectivity index (χ2n) is 5.41. The lowest BCUT2D eigenvalue weighted by Gasteiger charge is -2.11. The van der Waals surface area contributed by atoms with Gasteiger partial charge in [-0.3, -0.25) is 14.9 Å². The van der Waals surface area contributed by atoms with Gasteiger partial charge in [0.1, 0.15) is 5.70 Å². The zero-order chi connectivity index (χ0) is 18.1. The molecular formula is C17H12ClN3O4. The van der Waals surface area contributed by atoms with Crippen LogP contribution >= 0.6 is 11.6 Å². The van der Waals surface area contributed by atoms with E-state index in [2.05, 4.69) is 5.32 Å². The first kappa shape index (κ1) is 16.7. The van der Waals surface area contributed by atoms with Gasteiger partial charge in [-0.15, -0.1) is 0 Å². The van der Waals surface area contributed by atoms with E-state index in [-0.39, 0.29) is 11.4 Å². The number of hydrogen-bond donors (Lipinski definition) is 1. The van der Waals surface area contributed by atoms with E-state index in [1.54, 1.807) is 43.3 Å². The smallest absolute Gasteiger partial charge is 0.302 e. The van der Waals surface area contributed by atoms with E-state index >= 15 is 0 Å². The van der Waals surface area contributed by atoms with E-state index in [9.17, 15) is 19.7 Å². The van der Waals surface area contributed by atoms with Crippen molar-refractivity contribution in [1.82, 2.24) is 5.32 Å². The fraction of sp³-hybridized carbons (Fsp3) is 0.0588. The fourth-order valence-electron chi connectivity index (χ4n) is 2.44. The molecule has 3 amide bonds. The van der Waals surface area contributed by atoms with Gasteiger partial charge in [0.15, 0.2) is 0 Å². The molecule has 7 nitrogen and oxygen atoms in total. The lowest BCUT2D eigenvalue weighted by Crippen LogP contribution is -2.30. The Labute approximate surface area is 147 Å². The summed E-state index contributed by atoms with van der Waals surface area (Å²) in [7, 11) is 0. The Morgan fingerprint density at radius 3 is 2.48 bits per heavy atom. The van der Waals surface area contributed by atoms with Gasteiger partial charge in [0.25, 0.3) is 11.6 Å². The average Bonchev–Trinajstić information content (AvgIpc) is 2.84. The molecule has 1 aliphatic rings. The highest BCUT2D eigenvalue weighted by atomic mass is 35.5. The van der Waals surface area contributed by atoms with E-state index in [0.717, 1.165) is 4.90 Å². The molecule has 2 aromatic rings. The van der Waals surface area contributed by atoms with Crippen molar-refractivity contribution >= 4 is 41.0 Å². The van der Waals surface area contributed by atoms with E-state index in [4.69, 9.17) is 11.6 Å². The highest BCUT2D eigenvalue weighted by Crippen LogP contribution is 2.25. The molecule has 1 aliphatic heterocycles. The first-order valence-electron chi connectivity index (χ1n) is 7.24. The minimum absolute atomic E-state index is 0.0399. The van der Waals surface area contributed by atoms with Crippen LogP contribution in [-0.4, -0.2) is 16.9 Å². The summed E-state index contributed by atoms with van der Waals surface area (Å²) in [6, 6.07) is 10.2. The predicted molar refractivity (Wildman–Crippen MR) is 93.3 cm³/mol. The number of carbonyl (C=O) groups excluding carboxylic acids is 2. The number of urea groups is 1. The minimum atomic E-state index is -0.597. The third kappa shape index (κ3) is 3.22. The number of carbonyl (C=O) groups is 2. The quantitative estimate of drug-likeness (QED) is 0.392. The Morgan fingerprint density at radius 2 is 1.84 bits per heavy atom. The number of anilines is 1. The topological polar surface area (TPSA) is 92.6 Å². The van der Waals surface area contributed by atoms with Crippen LogP contribution in [0, 0.1) is 17.0 Å². The molecule has 0 atom stereocenters. The number of rotatable bonds is 3. The van der Waals surface area contributed by atoms with Gasteiger partial charge < -0.3 is 5.32 Å². The Bertz CT molecular complexity index is 922. The second-order valence-corrected chi connectivity index (χ2v) is 5.84. The molecule has 0 unspecified atom stereocenters. The fourth-order valence-corrected chi connectivity index (χ4v) is 2.57. The molecule has 1 fully saturated rings. The summed E-state index contributed by atoms with van der Waals surface area (Å²) in [4.78, 5) is 36.1. The van der Waals surface area contributed by atoms with Crippen molar-refractivity contribution < 1.29 is 14.5 Å². The van der Waals surface area contributed by atoms with Crippen molar-refractivity contribution in [1.29, 1.82) is 0 Å². The van der Waals surface area contributed by atoms with Crippen molar-refractivity contribution in [2.75, 3.05) is 4.90 Å². The molecule has 1 saturated heterocycles. The van der Waals surface area contributed by atoms with Gasteiger partial charge in [-0.2, -0.15) is 0 Å². The number of aryl methyl sites for hydroxylation is 1. The lowest BCUT2D eigenvalue weighted by atomic mass is 10.1. The van der Waals surface area contributed by atoms with Gasteiger partial charge in [-0.25, -0.2) is 9.69 Å². The van der Waals surface area contributed by atoms with Crippen LogP contribution in [0.1, 0.15) is 11.1 Å². The van der Waals surface area contributed by atoms with Crippen LogP contribution in [0.25, 0.3) is 6.08 Å². The maximum Gasteiger partial charge on any atom is 0.333 e. The standard InChI is InChI=1S/C17H12ClN3O4/c1-10-2-3-11(9-15(10)21(24)25)8-14-16(22)20(17(23)19-14)13-6-4-12(18)5-7-13/h2-9H,1H3,(H,19,23)/b14-8+. The number of benzene rings is 2. The summed E-state index contributed by atoms with van der Waals surface area (Å²) in [5.74, 6) is -0.546. The number of nitro groups is 1. The first-order chi connectivity index (χ1) is 11.9. The summed E-state index contributed by atoms with van der Waals surface area (Å²) < 4.78 is 0. The van der Waals surface area contributed by atoms with E-state index in [0.29, 0.717) is 21.8 Å². The number of nitrogens with one attached hydrogen (secondary N) is 1. The number of nitro benzene ring substituents is 1. The number of halogens is 1. The van der Waals surface area contributed by atoms with Crippen molar-refractivity contribution in [3.05, 3.63) is 74.4 Å². The lowest BCUT2D eigenvalue weighted by molar-refractivity contribution is -0.385. The molecule has 2 aromatic carbocycles. The first-order valence-corrected chi connectivity index (χ1v) is 7.62. The van der Waals surface area contributed by atoms with E-state index in [1.807, 2.05) is 0 Å². The molecule has 0 radical (unpaired) electrons. The normalized spacial score (nSPS) is 15.6. The zero-order valence-corrected chi connectivity index (χ0v) is 13.8. The maximum absolute atomic E-state index is 12.5. The highest BCUT2D eigenvalue weighted by molar-refractivity contribution is 6.31. The molecule has 8 heteroatoms. The second kappa shape index (κ2) is 6.37. The largest absolute Gasteiger partial charge is 0.333 e. The summed E-state index contributed by atoms with van der Waals surface area (Å²) in [5, 5.41) is 14.0. The Balaban J connectivity index is 1.94. The Kier molecular flexibility index (Phi) is 4.24. The van der Waals surface area contributed by atoms with E-state index < -0.39 is 16.9 Å². The van der Waals surface area contributed by atoms with Gasteiger partial charge in [-0.05, 0) is 42.8 Å². The van der Waals surface area contributed by atoms with Crippen molar-refractivity contribution in [3.63, 3.8) is 0 Å². The van der Waals surface area contributed by atoms with Crippen LogP contribution in [0.3, 0.4) is 0 Å². The molecule has 0 spiro atoms. The molecule has 1 N–H and O–H groups in total. The molecule has 0 bridgehead atoms. The van der Waals surface area contributed by atoms with Gasteiger partial charge in [-0.1, -0.05) is 23.7 Å². The molecule has 25 heavy (non-hydrogen) atoms. The molecule has 0 saturated carbocycles. The Hall–Kier alpha value is -3.19. The predicted octanol–water partition coefficient (Wildman–Crippen LogP) is 3.65. The van der Waals surface area contributed by atoms with Gasteiger partial charge in [0.05, 0.1) is 10.6 Å². The summed E-state index contributed by atoms with van der Waals surface area (Å²) in [6.45, 7) is 1.62. The summed E-state index contributed by atoms with van der Waals surface area (Å²) in [6.07, 6.45) is 1.41. The number of hydrogen-bond acceptors (Lipinski definition) is 4. The van der Waals surface area contributed by atoms with Crippen LogP contribution in [0.15, 0.2) is 48.2 Å². The average molecular weight is 358 g/mol. The van der Waals surface area contributed by atoms with E-state index in [1.165, 1.54) is 12.1 Å².